The van der Waals surface area contributed by atoms with E-state index in [-0.39, 0.29) is 12.5 Å². The molecule has 0 bridgehead atoms. The van der Waals surface area contributed by atoms with Crippen molar-refractivity contribution in [2.75, 3.05) is 6.54 Å². The average molecular weight is 438 g/mol. The fraction of sp³-hybridized carbons (Fsp3) is 0.154. The molecule has 1 saturated heterocycles. The van der Waals surface area contributed by atoms with E-state index in [4.69, 9.17) is 4.52 Å². The van der Waals surface area contributed by atoms with Crippen molar-refractivity contribution < 1.29 is 14.5 Å². The molecule has 7 heteroatoms. The number of oxime groups is 1. The quantitative estimate of drug-likeness (QED) is 0.359. The zero-order chi connectivity index (χ0) is 22.6. The first-order valence-corrected chi connectivity index (χ1v) is 10.7. The molecular formula is C26H22N4O3. The molecule has 3 aromatic carbocycles. The lowest BCUT2D eigenvalue weighted by atomic mass is 10.0. The summed E-state index contributed by atoms with van der Waals surface area (Å²) in [7, 11) is 0. The van der Waals surface area contributed by atoms with Crippen molar-refractivity contribution >= 4 is 11.6 Å². The van der Waals surface area contributed by atoms with Gasteiger partial charge in [0.15, 0.2) is 5.82 Å². The van der Waals surface area contributed by atoms with E-state index < -0.39 is 6.04 Å². The molecular weight excluding hydrogens is 416 g/mol. The molecule has 0 spiro atoms. The maximum atomic E-state index is 13.3. The van der Waals surface area contributed by atoms with Gasteiger partial charge < -0.3 is 14.6 Å². The van der Waals surface area contributed by atoms with Crippen molar-refractivity contribution in [1.82, 2.24) is 15.0 Å². The Balaban J connectivity index is 1.37. The van der Waals surface area contributed by atoms with E-state index in [9.17, 15) is 10.0 Å². The Morgan fingerprint density at radius 2 is 1.64 bits per heavy atom. The van der Waals surface area contributed by atoms with Crippen LogP contribution < -0.4 is 0 Å². The summed E-state index contributed by atoms with van der Waals surface area (Å²) < 4.78 is 5.52. The molecule has 1 unspecified atom stereocenters. The van der Waals surface area contributed by atoms with Gasteiger partial charge in [0.25, 0.3) is 5.91 Å². The molecule has 1 aromatic heterocycles. The van der Waals surface area contributed by atoms with E-state index >= 15 is 0 Å². The summed E-state index contributed by atoms with van der Waals surface area (Å²) in [5.74, 6) is 0.708. The minimum absolute atomic E-state index is 0.180. The van der Waals surface area contributed by atoms with Gasteiger partial charge in [-0.05, 0) is 28.8 Å². The van der Waals surface area contributed by atoms with Gasteiger partial charge in [-0.15, -0.1) is 0 Å². The zero-order valence-corrected chi connectivity index (χ0v) is 17.8. The molecule has 1 atom stereocenters. The molecule has 1 aliphatic rings. The second-order valence-corrected chi connectivity index (χ2v) is 7.97. The van der Waals surface area contributed by atoms with E-state index in [1.165, 1.54) is 0 Å². The number of hydrogen-bond donors (Lipinski definition) is 1. The monoisotopic (exact) mass is 438 g/mol. The summed E-state index contributed by atoms with van der Waals surface area (Å²) in [5.41, 5.74) is 4.23. The van der Waals surface area contributed by atoms with E-state index in [2.05, 4.69) is 15.3 Å². The first kappa shape index (κ1) is 20.6. The number of nitrogens with zero attached hydrogens (tertiary/aromatic N) is 4. The second-order valence-electron chi connectivity index (χ2n) is 7.97. The number of amides is 1. The van der Waals surface area contributed by atoms with Crippen molar-refractivity contribution in [3.63, 3.8) is 0 Å². The normalized spacial score (nSPS) is 16.9. The number of hydrogen-bond acceptors (Lipinski definition) is 6. The van der Waals surface area contributed by atoms with Gasteiger partial charge in [0.05, 0.1) is 12.3 Å². The average Bonchev–Trinajstić information content (AvgIpc) is 3.52. The third-order valence-corrected chi connectivity index (χ3v) is 5.77. The van der Waals surface area contributed by atoms with Gasteiger partial charge in [0, 0.05) is 18.4 Å². The van der Waals surface area contributed by atoms with E-state index in [0.717, 1.165) is 16.7 Å². The number of rotatable bonds is 5. The van der Waals surface area contributed by atoms with Crippen molar-refractivity contribution in [2.45, 2.75) is 18.9 Å². The lowest BCUT2D eigenvalue weighted by molar-refractivity contribution is 0.0713. The van der Waals surface area contributed by atoms with Crippen molar-refractivity contribution in [3.8, 4) is 11.1 Å². The maximum Gasteiger partial charge on any atom is 0.254 e. The van der Waals surface area contributed by atoms with Crippen LogP contribution in [0.15, 0.2) is 94.6 Å². The predicted molar refractivity (Wildman–Crippen MR) is 123 cm³/mol. The highest BCUT2D eigenvalue weighted by Gasteiger charge is 2.38. The van der Waals surface area contributed by atoms with Crippen LogP contribution in [0.5, 0.6) is 0 Å². The van der Waals surface area contributed by atoms with Crippen LogP contribution >= 0.6 is 0 Å². The standard InChI is InChI=1S/C26H22N4O3/c31-26(21-13-11-20(12-14-21)19-9-5-2-6-10-19)30-17-22(28-32)16-23(30)25-27-24(29-33-25)15-18-7-3-1-4-8-18/h1-14,23,32H,15-17H2/b28-22-. The highest BCUT2D eigenvalue weighted by Crippen LogP contribution is 2.32. The Kier molecular flexibility index (Phi) is 5.68. The highest BCUT2D eigenvalue weighted by atomic mass is 16.5. The Bertz CT molecular complexity index is 1270. The maximum absolute atomic E-state index is 13.3. The first-order chi connectivity index (χ1) is 16.2. The first-order valence-electron chi connectivity index (χ1n) is 10.7. The van der Waals surface area contributed by atoms with Crippen LogP contribution in [0, 0.1) is 0 Å². The number of carbonyl (C=O) groups excluding carboxylic acids is 1. The molecule has 5 rings (SSSR count). The Morgan fingerprint density at radius 1 is 0.970 bits per heavy atom. The fourth-order valence-corrected chi connectivity index (χ4v) is 4.07. The largest absolute Gasteiger partial charge is 0.411 e. The highest BCUT2D eigenvalue weighted by molar-refractivity contribution is 6.00. The Hall–Kier alpha value is -4.26. The SMILES string of the molecule is O=C(c1ccc(-c2ccccc2)cc1)N1C/C(=N\O)CC1c1nc(Cc2ccccc2)no1. The Morgan fingerprint density at radius 3 is 2.33 bits per heavy atom. The lowest BCUT2D eigenvalue weighted by Gasteiger charge is -2.21. The van der Waals surface area contributed by atoms with Gasteiger partial charge in [0.2, 0.25) is 5.89 Å². The molecule has 7 nitrogen and oxygen atoms in total. The van der Waals surface area contributed by atoms with Crippen LogP contribution in [0.4, 0.5) is 0 Å². The van der Waals surface area contributed by atoms with Crippen LogP contribution in [0.25, 0.3) is 11.1 Å². The molecule has 0 aliphatic carbocycles. The van der Waals surface area contributed by atoms with Gasteiger partial charge in [-0.2, -0.15) is 4.98 Å². The smallest absolute Gasteiger partial charge is 0.254 e. The van der Waals surface area contributed by atoms with E-state index in [1.807, 2.05) is 84.9 Å². The number of likely N-dealkylation sites (tertiary alicyclic amines) is 1. The fourth-order valence-electron chi connectivity index (χ4n) is 4.07. The number of benzene rings is 3. The molecule has 1 amide bonds. The summed E-state index contributed by atoms with van der Waals surface area (Å²) in [4.78, 5) is 19.5. The molecule has 1 aliphatic heterocycles. The van der Waals surface area contributed by atoms with Gasteiger partial charge >= 0.3 is 0 Å². The topological polar surface area (TPSA) is 91.8 Å². The van der Waals surface area contributed by atoms with Gasteiger partial charge in [-0.3, -0.25) is 4.79 Å². The van der Waals surface area contributed by atoms with Crippen molar-refractivity contribution in [3.05, 3.63) is 108 Å². The molecule has 164 valence electrons. The van der Waals surface area contributed by atoms with E-state index in [1.54, 1.807) is 4.90 Å². The van der Waals surface area contributed by atoms with Crippen molar-refractivity contribution in [1.29, 1.82) is 0 Å². The molecule has 1 N–H and O–H groups in total. The predicted octanol–water partition coefficient (Wildman–Crippen LogP) is 4.74. The molecule has 0 radical (unpaired) electrons. The second kappa shape index (κ2) is 9.08. The van der Waals surface area contributed by atoms with Gasteiger partial charge in [0.1, 0.15) is 6.04 Å². The third kappa shape index (κ3) is 4.39. The molecule has 33 heavy (non-hydrogen) atoms. The third-order valence-electron chi connectivity index (χ3n) is 5.77. The number of carbonyl (C=O) groups is 1. The van der Waals surface area contributed by atoms with Crippen LogP contribution in [0.2, 0.25) is 0 Å². The lowest BCUT2D eigenvalue weighted by Crippen LogP contribution is -2.31. The van der Waals surface area contributed by atoms with Gasteiger partial charge in [-0.25, -0.2) is 0 Å². The van der Waals surface area contributed by atoms with Gasteiger partial charge in [-0.1, -0.05) is 83.1 Å². The zero-order valence-electron chi connectivity index (χ0n) is 17.8. The van der Waals surface area contributed by atoms with E-state index in [0.29, 0.717) is 35.8 Å². The molecule has 2 heterocycles. The summed E-state index contributed by atoms with van der Waals surface area (Å²) in [5, 5.41) is 16.8. The van der Waals surface area contributed by atoms with Crippen LogP contribution in [-0.4, -0.2) is 38.4 Å². The summed E-state index contributed by atoms with van der Waals surface area (Å²) >= 11 is 0. The van der Waals surface area contributed by atoms with Crippen LogP contribution in [-0.2, 0) is 6.42 Å². The minimum Gasteiger partial charge on any atom is -0.411 e. The number of aromatic nitrogens is 2. The van der Waals surface area contributed by atoms with Crippen molar-refractivity contribution in [2.24, 2.45) is 5.16 Å². The Labute approximate surface area is 191 Å². The molecule has 1 fully saturated rings. The summed E-state index contributed by atoms with van der Waals surface area (Å²) in [6, 6.07) is 26.9. The van der Waals surface area contributed by atoms with Crippen LogP contribution in [0.3, 0.4) is 0 Å². The van der Waals surface area contributed by atoms with Crippen LogP contribution in [0.1, 0.15) is 40.1 Å². The molecule has 4 aromatic rings. The molecule has 0 saturated carbocycles. The summed E-state index contributed by atoms with van der Waals surface area (Å²) in [6.07, 6.45) is 0.879. The minimum atomic E-state index is -0.478. The summed E-state index contributed by atoms with van der Waals surface area (Å²) in [6.45, 7) is 0.205.